The van der Waals surface area contributed by atoms with Crippen LogP contribution in [-0.4, -0.2) is 51.2 Å². The second-order valence-corrected chi connectivity index (χ2v) is 11.4. The lowest BCUT2D eigenvalue weighted by Gasteiger charge is -2.28. The average Bonchev–Trinajstić information content (AvgIpc) is 3.58. The highest BCUT2D eigenvalue weighted by Gasteiger charge is 2.30. The first kappa shape index (κ1) is 23.4. The largest absolute Gasteiger partial charge is 0.416 e. The minimum absolute atomic E-state index is 0.0142. The van der Waals surface area contributed by atoms with Crippen LogP contribution in [0.5, 0.6) is 0 Å². The maximum atomic E-state index is 14.7. The molecule has 0 radical (unpaired) electrons. The highest BCUT2D eigenvalue weighted by molar-refractivity contribution is 7.98. The maximum absolute atomic E-state index is 14.7. The number of benzene rings is 3. The number of thioether (sulfide) groups is 1. The number of carbonyl (C=O) groups is 1. The van der Waals surface area contributed by atoms with Gasteiger partial charge in [-0.25, -0.2) is 4.39 Å². The predicted molar refractivity (Wildman–Crippen MR) is 177 cm³/mol. The Bertz CT molecular complexity index is 2150. The van der Waals surface area contributed by atoms with E-state index in [4.69, 9.17) is 11.0 Å². The molecule has 6 nitrogen and oxygen atoms in total. The molecule has 0 unspecified atom stereocenters. The van der Waals surface area contributed by atoms with Crippen LogP contribution in [0.15, 0.2) is 82.7 Å². The van der Waals surface area contributed by atoms with E-state index in [0.29, 0.717) is 35.2 Å². The van der Waals surface area contributed by atoms with E-state index in [9.17, 15) is 29.9 Å². The second kappa shape index (κ2) is 15.3. The average molecular weight is 677 g/mol. The van der Waals surface area contributed by atoms with Crippen LogP contribution in [0.4, 0.5) is 17.6 Å². The molecule has 1 aromatic heterocycles. The fraction of sp³-hybridized carbons (Fsp3) is 0.361. The van der Waals surface area contributed by atoms with Crippen molar-refractivity contribution in [3.8, 4) is 11.1 Å². The number of alkyl halides is 3. The first-order valence-corrected chi connectivity index (χ1v) is 15.6. The van der Waals surface area contributed by atoms with E-state index < -0.39 is 73.6 Å². The fourth-order valence-electron chi connectivity index (χ4n) is 4.99. The quantitative estimate of drug-likeness (QED) is 0.0851. The number of likely N-dealkylation sites (N-methyl/N-ethyl adjacent to an activating group) is 1. The molecule has 0 bridgehead atoms. The molecule has 11 heteroatoms. The molecule has 0 atom stereocenters. The predicted octanol–water partition coefficient (Wildman–Crippen LogP) is 7.22. The minimum Gasteiger partial charge on any atom is -0.336 e. The number of nitrogens with zero attached hydrogens (tertiary/aromatic N) is 4. The Hall–Kier alpha value is -3.96. The number of hydrogen-bond acceptors (Lipinski definition) is 5. The van der Waals surface area contributed by atoms with Crippen LogP contribution in [0.2, 0.25) is 0 Å². The standard InChI is InChI=1S/C36H38F4N4O2S/c1-3-42(4-2)20-21-43(22-25-8-12-27(13-9-25)28-14-16-29(17-15-28)36(38,39)40)33(45)23-44-32-7-5-6-31(32)34(46)41-35(44)47-24-26-10-18-30(37)19-11-26/h8-19H,3-7,20-24H2,1-2H3/i3D2,4D2,20D2,21D2,22D2. The smallest absolute Gasteiger partial charge is 0.336 e. The van der Waals surface area contributed by atoms with Gasteiger partial charge in [0.2, 0.25) is 5.91 Å². The number of hydrogen-bond donors (Lipinski definition) is 0. The van der Waals surface area contributed by atoms with E-state index >= 15 is 0 Å². The molecule has 0 saturated heterocycles. The molecule has 0 aliphatic heterocycles. The first-order chi connectivity index (χ1) is 26.2. The van der Waals surface area contributed by atoms with Crippen LogP contribution in [0.3, 0.4) is 0 Å². The molecule has 0 saturated carbocycles. The summed E-state index contributed by atoms with van der Waals surface area (Å²) >= 11 is 0.997. The van der Waals surface area contributed by atoms with Crippen molar-refractivity contribution in [2.75, 3.05) is 26.0 Å². The number of halogens is 4. The monoisotopic (exact) mass is 676 g/mol. The summed E-state index contributed by atoms with van der Waals surface area (Å²) in [5.74, 6) is -1.73. The summed E-state index contributed by atoms with van der Waals surface area (Å²) in [5, 5.41) is -0.0142. The van der Waals surface area contributed by atoms with Gasteiger partial charge in [0.05, 0.1) is 11.0 Å². The Morgan fingerprint density at radius 1 is 0.915 bits per heavy atom. The highest BCUT2D eigenvalue weighted by atomic mass is 32.2. The topological polar surface area (TPSA) is 58.4 Å². The second-order valence-electron chi connectivity index (χ2n) is 10.5. The summed E-state index contributed by atoms with van der Waals surface area (Å²) in [6, 6.07) is 14.5. The van der Waals surface area contributed by atoms with Gasteiger partial charge in [-0.05, 0) is 78.8 Å². The minimum atomic E-state index is -4.59. The van der Waals surface area contributed by atoms with E-state index in [1.807, 2.05) is 0 Å². The molecule has 5 rings (SSSR count). The Kier molecular flexibility index (Phi) is 7.61. The van der Waals surface area contributed by atoms with Gasteiger partial charge in [-0.2, -0.15) is 18.2 Å². The van der Waals surface area contributed by atoms with Gasteiger partial charge < -0.3 is 14.4 Å². The lowest BCUT2D eigenvalue weighted by molar-refractivity contribution is -0.137. The first-order valence-electron chi connectivity index (χ1n) is 19.6. The Balaban J connectivity index is 1.63. The van der Waals surface area contributed by atoms with Crippen LogP contribution in [0.1, 0.15) is 61.9 Å². The summed E-state index contributed by atoms with van der Waals surface area (Å²) < 4.78 is 142. The summed E-state index contributed by atoms with van der Waals surface area (Å²) in [4.78, 5) is 31.8. The van der Waals surface area contributed by atoms with Gasteiger partial charge in [-0.1, -0.05) is 74.1 Å². The molecular formula is C36H38F4N4O2S. The van der Waals surface area contributed by atoms with Crippen LogP contribution in [0, 0.1) is 5.82 Å². The molecule has 1 heterocycles. The van der Waals surface area contributed by atoms with Gasteiger partial charge in [0.1, 0.15) is 12.4 Å². The lowest BCUT2D eigenvalue weighted by atomic mass is 10.0. The molecule has 4 aromatic rings. The van der Waals surface area contributed by atoms with Crippen molar-refractivity contribution in [1.29, 1.82) is 0 Å². The number of carbonyl (C=O) groups excluding carboxylic acids is 1. The summed E-state index contributed by atoms with van der Waals surface area (Å²) in [5.41, 5.74) is 0.0346. The van der Waals surface area contributed by atoms with Crippen molar-refractivity contribution < 1.29 is 36.1 Å². The summed E-state index contributed by atoms with van der Waals surface area (Å²) in [6.07, 6.45) is -3.49. The van der Waals surface area contributed by atoms with E-state index in [1.165, 1.54) is 53.1 Å². The SMILES string of the molecule is [2H]C([2H])(C)N(C([2H])([2H])C)C([2H])([2H])C([2H])([2H])N(C(=O)Cn1c(SCc2ccc(F)cc2)nc(=O)c2c1CCC2)C([2H])([2H])c1ccc(-c2ccc(C(F)(F)F)cc2)cc1. The number of fused-ring (bicyclic) bond motifs is 1. The van der Waals surface area contributed by atoms with E-state index in [2.05, 4.69) is 4.98 Å². The molecule has 0 spiro atoms. The van der Waals surface area contributed by atoms with Crippen LogP contribution >= 0.6 is 11.8 Å². The molecule has 0 N–H and O–H groups in total. The van der Waals surface area contributed by atoms with Gasteiger partial charge in [-0.15, -0.1) is 0 Å². The Morgan fingerprint density at radius 3 is 2.15 bits per heavy atom. The zero-order chi connectivity index (χ0) is 42.5. The van der Waals surface area contributed by atoms with Crippen molar-refractivity contribution in [3.05, 3.63) is 117 Å². The third-order valence-corrected chi connectivity index (χ3v) is 8.46. The molecule has 248 valence electrons. The van der Waals surface area contributed by atoms with Crippen LogP contribution in [0.25, 0.3) is 11.1 Å². The maximum Gasteiger partial charge on any atom is 0.416 e. The van der Waals surface area contributed by atoms with Crippen molar-refractivity contribution in [2.24, 2.45) is 0 Å². The Morgan fingerprint density at radius 2 is 1.53 bits per heavy atom. The molecule has 47 heavy (non-hydrogen) atoms. The molecule has 1 amide bonds. The van der Waals surface area contributed by atoms with Gasteiger partial charge in [0.25, 0.3) is 5.56 Å². The highest BCUT2D eigenvalue weighted by Crippen LogP contribution is 2.31. The third kappa shape index (κ3) is 8.70. The molecule has 0 fully saturated rings. The number of amides is 1. The van der Waals surface area contributed by atoms with E-state index in [1.54, 1.807) is 0 Å². The molecule has 3 aromatic carbocycles. The van der Waals surface area contributed by atoms with Gasteiger partial charge in [0.15, 0.2) is 5.16 Å². The zero-order valence-corrected chi connectivity index (χ0v) is 26.3. The van der Waals surface area contributed by atoms with Gasteiger partial charge >= 0.3 is 6.18 Å². The fourth-order valence-corrected chi connectivity index (χ4v) is 5.95. The normalized spacial score (nSPS) is 17.5. The van der Waals surface area contributed by atoms with Crippen molar-refractivity contribution >= 4 is 17.7 Å². The molecular weight excluding hydrogens is 628 g/mol. The number of rotatable bonds is 13. The molecule has 1 aliphatic carbocycles. The van der Waals surface area contributed by atoms with E-state index in [0.717, 1.165) is 49.9 Å². The summed E-state index contributed by atoms with van der Waals surface area (Å²) in [7, 11) is 0. The third-order valence-electron chi connectivity index (χ3n) is 7.42. The lowest BCUT2D eigenvalue weighted by Crippen LogP contribution is -2.40. The molecule has 1 aliphatic rings. The van der Waals surface area contributed by atoms with Crippen molar-refractivity contribution in [2.45, 2.75) is 63.2 Å². The van der Waals surface area contributed by atoms with Crippen LogP contribution < -0.4 is 5.56 Å². The van der Waals surface area contributed by atoms with Gasteiger partial charge in [0, 0.05) is 44.7 Å². The van der Waals surface area contributed by atoms with Crippen LogP contribution in [-0.2, 0) is 42.6 Å². The van der Waals surface area contributed by atoms with Gasteiger partial charge in [-0.3, -0.25) is 9.59 Å². The van der Waals surface area contributed by atoms with E-state index in [-0.39, 0.29) is 32.7 Å². The zero-order valence-electron chi connectivity index (χ0n) is 35.5. The number of aromatic nitrogens is 2. The summed E-state index contributed by atoms with van der Waals surface area (Å²) in [6.45, 7) is -16.1. The van der Waals surface area contributed by atoms with Crippen molar-refractivity contribution in [3.63, 3.8) is 0 Å². The Labute approximate surface area is 290 Å². The van der Waals surface area contributed by atoms with Crippen molar-refractivity contribution in [1.82, 2.24) is 19.4 Å².